The highest BCUT2D eigenvalue weighted by atomic mass is 16.2. The predicted molar refractivity (Wildman–Crippen MR) is 62.4 cm³/mol. The molecule has 2 atom stereocenters. The molecule has 0 saturated carbocycles. The third kappa shape index (κ3) is 3.52. The van der Waals surface area contributed by atoms with Gasteiger partial charge >= 0.3 is 6.03 Å². The Labute approximate surface area is 101 Å². The molecule has 1 aliphatic rings. The lowest BCUT2D eigenvalue weighted by Crippen LogP contribution is -2.52. The molecule has 6 nitrogen and oxygen atoms in total. The number of ketones is 1. The molecule has 1 heterocycles. The fraction of sp³-hybridized carbons (Fsp3) is 0.727. The van der Waals surface area contributed by atoms with Gasteiger partial charge in [0.25, 0.3) is 0 Å². The minimum Gasteiger partial charge on any atom is -0.341 e. The third-order valence-corrected chi connectivity index (χ3v) is 3.09. The summed E-state index contributed by atoms with van der Waals surface area (Å²) in [6.45, 7) is 4.74. The first kappa shape index (κ1) is 13.6. The van der Waals surface area contributed by atoms with Crippen molar-refractivity contribution in [2.75, 3.05) is 20.1 Å². The molecular weight excluding hydrogens is 222 g/mol. The molecule has 3 amide bonds. The lowest BCUT2D eigenvalue weighted by Gasteiger charge is -2.33. The molecule has 1 saturated heterocycles. The highest BCUT2D eigenvalue weighted by molar-refractivity contribution is 5.96. The van der Waals surface area contributed by atoms with Gasteiger partial charge in [0.1, 0.15) is 5.78 Å². The molecule has 0 bridgehead atoms. The zero-order valence-electron chi connectivity index (χ0n) is 10.4. The molecule has 0 aromatic heterocycles. The smallest absolute Gasteiger partial charge is 0.321 e. The maximum Gasteiger partial charge on any atom is 0.321 e. The number of amides is 3. The van der Waals surface area contributed by atoms with Gasteiger partial charge in [-0.05, 0) is 6.92 Å². The first-order valence-corrected chi connectivity index (χ1v) is 5.75. The summed E-state index contributed by atoms with van der Waals surface area (Å²) in [5.74, 6) is -0.148. The zero-order valence-corrected chi connectivity index (χ0v) is 10.4. The molecule has 17 heavy (non-hydrogen) atoms. The number of nitrogens with one attached hydrogen (secondary N) is 2. The Morgan fingerprint density at radius 1 is 1.47 bits per heavy atom. The number of hydrogen-bond donors (Lipinski definition) is 2. The second-order valence-electron chi connectivity index (χ2n) is 4.36. The van der Waals surface area contributed by atoms with Crippen LogP contribution in [0.4, 0.5) is 4.79 Å². The van der Waals surface area contributed by atoms with E-state index in [0.29, 0.717) is 19.5 Å². The molecule has 6 heteroatoms. The Kier molecular flexibility index (Phi) is 4.62. The van der Waals surface area contributed by atoms with Crippen LogP contribution in [0.5, 0.6) is 0 Å². The van der Waals surface area contributed by atoms with E-state index in [-0.39, 0.29) is 17.6 Å². The van der Waals surface area contributed by atoms with Crippen LogP contribution in [0.25, 0.3) is 0 Å². The Bertz CT molecular complexity index is 330. The van der Waals surface area contributed by atoms with E-state index in [1.165, 1.54) is 7.05 Å². The van der Waals surface area contributed by atoms with Crippen molar-refractivity contribution in [3.05, 3.63) is 0 Å². The zero-order chi connectivity index (χ0) is 13.0. The Hall–Kier alpha value is -1.43. The van der Waals surface area contributed by atoms with Gasteiger partial charge in [0.2, 0.25) is 5.91 Å². The van der Waals surface area contributed by atoms with Crippen LogP contribution in [-0.2, 0) is 9.59 Å². The van der Waals surface area contributed by atoms with Gasteiger partial charge in [-0.25, -0.2) is 4.79 Å². The number of likely N-dealkylation sites (tertiary alicyclic amines) is 1. The van der Waals surface area contributed by atoms with Crippen molar-refractivity contribution >= 4 is 17.7 Å². The van der Waals surface area contributed by atoms with Gasteiger partial charge in [0.05, 0.1) is 6.04 Å². The number of carbonyl (C=O) groups is 3. The Balaban J connectivity index is 2.52. The van der Waals surface area contributed by atoms with Crippen LogP contribution in [0.2, 0.25) is 0 Å². The third-order valence-electron chi connectivity index (χ3n) is 3.09. The molecule has 1 rings (SSSR count). The number of urea groups is 1. The fourth-order valence-electron chi connectivity index (χ4n) is 1.84. The van der Waals surface area contributed by atoms with Crippen molar-refractivity contribution in [3.63, 3.8) is 0 Å². The van der Waals surface area contributed by atoms with E-state index in [2.05, 4.69) is 10.6 Å². The standard InChI is InChI=1S/C11H19N3O3/c1-7-6-14(5-4-9(7)15)8(2)10(16)13-11(17)12-3/h7-8H,4-6H2,1-3H3,(H2,12,13,16,17). The summed E-state index contributed by atoms with van der Waals surface area (Å²) >= 11 is 0. The van der Waals surface area contributed by atoms with Crippen molar-refractivity contribution in [3.8, 4) is 0 Å². The summed E-state index contributed by atoms with van der Waals surface area (Å²) in [5, 5.41) is 4.56. The van der Waals surface area contributed by atoms with Crippen LogP contribution in [0.1, 0.15) is 20.3 Å². The largest absolute Gasteiger partial charge is 0.341 e. The van der Waals surface area contributed by atoms with Crippen molar-refractivity contribution in [1.29, 1.82) is 0 Å². The van der Waals surface area contributed by atoms with E-state index >= 15 is 0 Å². The summed E-state index contributed by atoms with van der Waals surface area (Å²) < 4.78 is 0. The van der Waals surface area contributed by atoms with Crippen molar-refractivity contribution in [2.45, 2.75) is 26.3 Å². The van der Waals surface area contributed by atoms with Crippen molar-refractivity contribution in [2.24, 2.45) is 5.92 Å². The molecule has 2 unspecified atom stereocenters. The molecule has 1 fully saturated rings. The van der Waals surface area contributed by atoms with E-state index in [1.54, 1.807) is 6.92 Å². The second kappa shape index (κ2) is 5.77. The molecule has 1 aliphatic heterocycles. The summed E-state index contributed by atoms with van der Waals surface area (Å²) in [7, 11) is 1.45. The van der Waals surface area contributed by atoms with Gasteiger partial charge in [-0.2, -0.15) is 0 Å². The van der Waals surface area contributed by atoms with Crippen molar-refractivity contribution in [1.82, 2.24) is 15.5 Å². The fourth-order valence-corrected chi connectivity index (χ4v) is 1.84. The predicted octanol–water partition coefficient (Wildman–Crippen LogP) is -0.259. The number of carbonyl (C=O) groups excluding carboxylic acids is 3. The summed E-state index contributed by atoms with van der Waals surface area (Å²) in [4.78, 5) is 36.0. The van der Waals surface area contributed by atoms with Gasteiger partial charge in [-0.1, -0.05) is 6.92 Å². The van der Waals surface area contributed by atoms with Gasteiger partial charge in [-0.3, -0.25) is 19.8 Å². The average Bonchev–Trinajstić information content (AvgIpc) is 2.31. The number of imide groups is 1. The highest BCUT2D eigenvalue weighted by Crippen LogP contribution is 2.14. The first-order chi connectivity index (χ1) is 7.95. The Morgan fingerprint density at radius 3 is 2.65 bits per heavy atom. The summed E-state index contributed by atoms with van der Waals surface area (Å²) in [6.07, 6.45) is 0.471. The van der Waals surface area contributed by atoms with Crippen LogP contribution >= 0.6 is 0 Å². The number of Topliss-reactive ketones (excluding diaryl/α,β-unsaturated/α-hetero) is 1. The molecule has 96 valence electrons. The SMILES string of the molecule is CNC(=O)NC(=O)C(C)N1CCC(=O)C(C)C1. The molecule has 2 N–H and O–H groups in total. The maximum atomic E-state index is 11.7. The quantitative estimate of drug-likeness (QED) is 0.698. The number of nitrogens with zero attached hydrogens (tertiary/aromatic N) is 1. The topological polar surface area (TPSA) is 78.5 Å². The number of hydrogen-bond acceptors (Lipinski definition) is 4. The molecular formula is C11H19N3O3. The minimum absolute atomic E-state index is 0.0426. The average molecular weight is 241 g/mol. The molecule has 0 aromatic rings. The van der Waals surface area contributed by atoms with Gasteiger partial charge in [-0.15, -0.1) is 0 Å². The van der Waals surface area contributed by atoms with E-state index in [9.17, 15) is 14.4 Å². The van der Waals surface area contributed by atoms with E-state index in [0.717, 1.165) is 0 Å². The number of piperidine rings is 1. The van der Waals surface area contributed by atoms with Crippen LogP contribution in [0.3, 0.4) is 0 Å². The van der Waals surface area contributed by atoms with Crippen LogP contribution in [0, 0.1) is 5.92 Å². The van der Waals surface area contributed by atoms with E-state index in [1.807, 2.05) is 11.8 Å². The van der Waals surface area contributed by atoms with E-state index < -0.39 is 12.1 Å². The lowest BCUT2D eigenvalue weighted by atomic mass is 9.97. The Morgan fingerprint density at radius 2 is 2.12 bits per heavy atom. The van der Waals surface area contributed by atoms with Crippen LogP contribution < -0.4 is 10.6 Å². The number of rotatable bonds is 2. The summed E-state index contributed by atoms with van der Waals surface area (Å²) in [5.41, 5.74) is 0. The van der Waals surface area contributed by atoms with Crippen LogP contribution in [0.15, 0.2) is 0 Å². The first-order valence-electron chi connectivity index (χ1n) is 5.75. The monoisotopic (exact) mass is 241 g/mol. The molecule has 0 radical (unpaired) electrons. The van der Waals surface area contributed by atoms with Gasteiger partial charge < -0.3 is 5.32 Å². The second-order valence-corrected chi connectivity index (χ2v) is 4.36. The normalized spacial score (nSPS) is 23.0. The highest BCUT2D eigenvalue weighted by Gasteiger charge is 2.29. The van der Waals surface area contributed by atoms with E-state index in [4.69, 9.17) is 0 Å². The van der Waals surface area contributed by atoms with Crippen LogP contribution in [-0.4, -0.2) is 48.8 Å². The molecule has 0 aliphatic carbocycles. The van der Waals surface area contributed by atoms with Gasteiger partial charge in [0, 0.05) is 32.5 Å². The van der Waals surface area contributed by atoms with Crippen molar-refractivity contribution < 1.29 is 14.4 Å². The molecule has 0 aromatic carbocycles. The lowest BCUT2D eigenvalue weighted by molar-refractivity contribution is -0.131. The maximum absolute atomic E-state index is 11.7. The summed E-state index contributed by atoms with van der Waals surface area (Å²) in [6, 6.07) is -0.911. The molecule has 0 spiro atoms. The minimum atomic E-state index is -0.511. The van der Waals surface area contributed by atoms with Gasteiger partial charge in [0.15, 0.2) is 0 Å².